The molecule has 0 aliphatic heterocycles. The monoisotopic (exact) mass is 727 g/mol. The van der Waals surface area contributed by atoms with E-state index in [9.17, 15) is 0 Å². The number of rotatable bonds is 3. The lowest BCUT2D eigenvalue weighted by molar-refractivity contribution is 1.18. The number of thiophene rings is 1. The standard InChI is InChI=1S/C54H33NS/c1-2-15-36(16-3-1)55-50-27-12-10-22-43(50)48-31-34(29-30-51(48)55)47-32-35(37-25-14-26-46-44-23-11-13-28-52(44)56-54(37)46)33-49-42-21-7-6-19-40(42)38-17-4-5-18-39(38)41-20-8-9-24-45(41)53(47)49/h1-33H. The van der Waals surface area contributed by atoms with Gasteiger partial charge >= 0.3 is 0 Å². The second kappa shape index (κ2) is 12.3. The molecule has 0 fully saturated rings. The molecule has 1 aliphatic rings. The van der Waals surface area contributed by atoms with Crippen LogP contribution in [0.3, 0.4) is 0 Å². The highest BCUT2D eigenvalue weighted by Gasteiger charge is 2.26. The van der Waals surface area contributed by atoms with Crippen molar-refractivity contribution in [3.8, 4) is 72.4 Å². The lowest BCUT2D eigenvalue weighted by Crippen LogP contribution is -2.00. The Balaban J connectivity index is 1.22. The molecule has 1 nitrogen and oxygen atoms in total. The van der Waals surface area contributed by atoms with Gasteiger partial charge in [0.05, 0.1) is 11.0 Å². The zero-order valence-electron chi connectivity index (χ0n) is 30.4. The summed E-state index contributed by atoms with van der Waals surface area (Å²) in [6.07, 6.45) is 0. The summed E-state index contributed by atoms with van der Waals surface area (Å²) < 4.78 is 5.05. The van der Waals surface area contributed by atoms with Gasteiger partial charge in [-0.05, 0) is 115 Å². The van der Waals surface area contributed by atoms with Crippen molar-refractivity contribution in [3.05, 3.63) is 200 Å². The van der Waals surface area contributed by atoms with Crippen molar-refractivity contribution in [2.45, 2.75) is 0 Å². The third-order valence-electron chi connectivity index (χ3n) is 11.8. The van der Waals surface area contributed by atoms with Crippen LogP contribution in [0.1, 0.15) is 0 Å². The van der Waals surface area contributed by atoms with Crippen LogP contribution >= 0.6 is 11.3 Å². The summed E-state index contributed by atoms with van der Waals surface area (Å²) in [6, 6.07) is 74.2. The first-order chi connectivity index (χ1) is 27.8. The number of aromatic nitrogens is 1. The highest BCUT2D eigenvalue weighted by atomic mass is 32.1. The molecule has 0 amide bonds. The van der Waals surface area contributed by atoms with Crippen LogP contribution < -0.4 is 0 Å². The number of benzene rings is 9. The van der Waals surface area contributed by atoms with Crippen molar-refractivity contribution >= 4 is 53.3 Å². The third-order valence-corrected chi connectivity index (χ3v) is 13.0. The van der Waals surface area contributed by atoms with E-state index in [0.717, 1.165) is 0 Å². The Labute approximate surface area is 329 Å². The van der Waals surface area contributed by atoms with Crippen molar-refractivity contribution in [2.75, 3.05) is 0 Å². The number of hydrogen-bond acceptors (Lipinski definition) is 1. The second-order valence-electron chi connectivity index (χ2n) is 14.8. The van der Waals surface area contributed by atoms with Crippen molar-refractivity contribution < 1.29 is 0 Å². The molecule has 9 aromatic carbocycles. The van der Waals surface area contributed by atoms with Crippen LogP contribution in [0.15, 0.2) is 200 Å². The Morgan fingerprint density at radius 1 is 0.304 bits per heavy atom. The van der Waals surface area contributed by atoms with E-state index >= 15 is 0 Å². The maximum absolute atomic E-state index is 2.47. The minimum absolute atomic E-state index is 1.17. The lowest BCUT2D eigenvalue weighted by Gasteiger charge is -2.26. The summed E-state index contributed by atoms with van der Waals surface area (Å²) in [5, 5.41) is 5.13. The highest BCUT2D eigenvalue weighted by molar-refractivity contribution is 7.26. The Morgan fingerprint density at radius 2 is 0.839 bits per heavy atom. The molecule has 56 heavy (non-hydrogen) atoms. The first-order valence-electron chi connectivity index (χ1n) is 19.3. The average Bonchev–Trinajstić information content (AvgIpc) is 3.81. The molecule has 0 N–H and O–H groups in total. The molecule has 11 aromatic rings. The molecular formula is C54H33NS. The Hall–Kier alpha value is -7.00. The molecule has 2 heterocycles. The predicted octanol–water partition coefficient (Wildman–Crippen LogP) is 15.5. The van der Waals surface area contributed by atoms with Crippen LogP contribution in [0.4, 0.5) is 0 Å². The third kappa shape index (κ3) is 4.60. The number of fused-ring (bicyclic) bond motifs is 14. The fourth-order valence-corrected chi connectivity index (χ4v) is 10.6. The van der Waals surface area contributed by atoms with Gasteiger partial charge in [-0.2, -0.15) is 0 Å². The van der Waals surface area contributed by atoms with Gasteiger partial charge in [-0.25, -0.2) is 0 Å². The maximum Gasteiger partial charge on any atom is 0.0541 e. The highest BCUT2D eigenvalue weighted by Crippen LogP contribution is 2.53. The molecule has 2 heteroatoms. The normalized spacial score (nSPS) is 11.9. The summed E-state index contributed by atoms with van der Waals surface area (Å²) in [5.41, 5.74) is 18.5. The molecule has 0 unspecified atom stereocenters. The Morgan fingerprint density at radius 3 is 1.59 bits per heavy atom. The minimum Gasteiger partial charge on any atom is -0.309 e. The fourth-order valence-electron chi connectivity index (χ4n) is 9.34. The second-order valence-corrected chi connectivity index (χ2v) is 15.8. The van der Waals surface area contributed by atoms with Crippen LogP contribution in [0.25, 0.3) is 114 Å². The smallest absolute Gasteiger partial charge is 0.0541 e. The largest absolute Gasteiger partial charge is 0.309 e. The van der Waals surface area contributed by atoms with Crippen molar-refractivity contribution in [1.82, 2.24) is 4.57 Å². The molecule has 0 saturated heterocycles. The first-order valence-corrected chi connectivity index (χ1v) is 20.1. The van der Waals surface area contributed by atoms with Crippen LogP contribution in [-0.4, -0.2) is 4.57 Å². The fraction of sp³-hybridized carbons (Fsp3) is 0. The quantitative estimate of drug-likeness (QED) is 0.171. The average molecular weight is 728 g/mol. The molecular weight excluding hydrogens is 695 g/mol. The summed E-state index contributed by atoms with van der Waals surface area (Å²) >= 11 is 1.90. The molecule has 2 aromatic heterocycles. The van der Waals surface area contributed by atoms with Crippen molar-refractivity contribution in [1.29, 1.82) is 0 Å². The Bertz CT molecular complexity index is 3360. The van der Waals surface area contributed by atoms with E-state index in [4.69, 9.17) is 0 Å². The van der Waals surface area contributed by atoms with E-state index in [2.05, 4.69) is 205 Å². The van der Waals surface area contributed by atoms with Crippen LogP contribution in [0.2, 0.25) is 0 Å². The molecule has 1 aliphatic carbocycles. The number of hydrogen-bond donors (Lipinski definition) is 0. The molecule has 0 radical (unpaired) electrons. The van der Waals surface area contributed by atoms with Gasteiger partial charge in [0, 0.05) is 36.6 Å². The van der Waals surface area contributed by atoms with Gasteiger partial charge < -0.3 is 4.57 Å². The first kappa shape index (κ1) is 31.4. The molecule has 12 rings (SSSR count). The lowest BCUT2D eigenvalue weighted by atomic mass is 9.77. The topological polar surface area (TPSA) is 4.93 Å². The van der Waals surface area contributed by atoms with Crippen molar-refractivity contribution in [2.24, 2.45) is 0 Å². The molecule has 0 spiro atoms. The van der Waals surface area contributed by atoms with Gasteiger partial charge in [-0.3, -0.25) is 0 Å². The van der Waals surface area contributed by atoms with Crippen LogP contribution in [-0.2, 0) is 0 Å². The van der Waals surface area contributed by atoms with Gasteiger partial charge in [-0.1, -0.05) is 152 Å². The van der Waals surface area contributed by atoms with E-state index in [-0.39, 0.29) is 0 Å². The molecule has 0 bridgehead atoms. The van der Waals surface area contributed by atoms with Gasteiger partial charge in [0.25, 0.3) is 0 Å². The van der Waals surface area contributed by atoms with E-state index in [1.54, 1.807) is 0 Å². The van der Waals surface area contributed by atoms with E-state index in [0.29, 0.717) is 0 Å². The summed E-state index contributed by atoms with van der Waals surface area (Å²) in [4.78, 5) is 0. The summed E-state index contributed by atoms with van der Waals surface area (Å²) in [7, 11) is 0. The van der Waals surface area contributed by atoms with E-state index in [1.807, 2.05) is 11.3 Å². The van der Waals surface area contributed by atoms with Gasteiger partial charge in [0.1, 0.15) is 0 Å². The van der Waals surface area contributed by atoms with Gasteiger partial charge in [0.15, 0.2) is 0 Å². The Kier molecular flexibility index (Phi) is 6.87. The number of para-hydroxylation sites is 2. The van der Waals surface area contributed by atoms with E-state index < -0.39 is 0 Å². The zero-order chi connectivity index (χ0) is 36.7. The number of nitrogens with zero attached hydrogens (tertiary/aromatic N) is 1. The SMILES string of the molecule is c1ccc(-n2c3ccccc3c3cc(-c4cc(-c5cccc6c5sc5ccccc56)cc5c4-c4ccccc4-c4ccccc4-c4ccccc4-5)ccc32)cc1. The van der Waals surface area contributed by atoms with Gasteiger partial charge in [0.2, 0.25) is 0 Å². The van der Waals surface area contributed by atoms with E-state index in [1.165, 1.54) is 114 Å². The van der Waals surface area contributed by atoms with Crippen LogP contribution in [0, 0.1) is 0 Å². The maximum atomic E-state index is 2.47. The van der Waals surface area contributed by atoms with Crippen LogP contribution in [0.5, 0.6) is 0 Å². The van der Waals surface area contributed by atoms with Gasteiger partial charge in [-0.15, -0.1) is 11.3 Å². The zero-order valence-corrected chi connectivity index (χ0v) is 31.2. The summed E-state index contributed by atoms with van der Waals surface area (Å²) in [5.74, 6) is 0. The summed E-state index contributed by atoms with van der Waals surface area (Å²) in [6.45, 7) is 0. The molecule has 0 atom stereocenters. The predicted molar refractivity (Wildman–Crippen MR) is 240 cm³/mol. The molecule has 0 saturated carbocycles. The molecule has 260 valence electrons. The minimum atomic E-state index is 1.17. The van der Waals surface area contributed by atoms with Crippen molar-refractivity contribution in [3.63, 3.8) is 0 Å².